The largest absolute Gasteiger partial charge is 0.490 e. The molecule has 0 bridgehead atoms. The zero-order valence-corrected chi connectivity index (χ0v) is 10.4. The number of nitrogens with zero attached hydrogens (tertiary/aromatic N) is 1. The number of aromatic carboxylic acids is 1. The maximum absolute atomic E-state index is 14.1. The van der Waals surface area contributed by atoms with Crippen LogP contribution >= 0.6 is 0 Å². The Morgan fingerprint density at radius 2 is 2.15 bits per heavy atom. The second kappa shape index (κ2) is 4.84. The van der Waals surface area contributed by atoms with Crippen molar-refractivity contribution in [3.05, 3.63) is 29.7 Å². The molecule has 6 nitrogen and oxygen atoms in total. The van der Waals surface area contributed by atoms with Gasteiger partial charge in [-0.2, -0.15) is 5.10 Å². The number of carbonyl (C=O) groups is 1. The number of carboxylic acid groups (broad SMARTS) is 1. The predicted octanol–water partition coefficient (Wildman–Crippen LogP) is 2.08. The van der Waals surface area contributed by atoms with E-state index in [2.05, 4.69) is 10.2 Å². The fourth-order valence-electron chi connectivity index (χ4n) is 2.01. The van der Waals surface area contributed by atoms with Crippen molar-refractivity contribution < 1.29 is 23.8 Å². The standard InChI is InChI=1S/C13H11FN2O4/c14-7-2-3-10-12(20-5-1-4-19-10)11(7)8-6-9(13(17)18)16-15-8/h2-3,6H,1,4-5H2,(H,15,16)(H,17,18). The quantitative estimate of drug-likeness (QED) is 0.878. The van der Waals surface area contributed by atoms with Gasteiger partial charge in [-0.1, -0.05) is 0 Å². The maximum atomic E-state index is 14.1. The number of rotatable bonds is 2. The number of nitrogens with one attached hydrogen (secondary N) is 1. The molecule has 0 fully saturated rings. The summed E-state index contributed by atoms with van der Waals surface area (Å²) >= 11 is 0. The van der Waals surface area contributed by atoms with Crippen LogP contribution in [0.1, 0.15) is 16.9 Å². The first-order valence-electron chi connectivity index (χ1n) is 6.04. The van der Waals surface area contributed by atoms with Crippen molar-refractivity contribution in [3.63, 3.8) is 0 Å². The molecule has 2 aromatic rings. The van der Waals surface area contributed by atoms with E-state index in [1.54, 1.807) is 0 Å². The molecule has 2 N–H and O–H groups in total. The van der Waals surface area contributed by atoms with Gasteiger partial charge in [-0.3, -0.25) is 5.10 Å². The molecule has 3 rings (SSSR count). The van der Waals surface area contributed by atoms with Crippen LogP contribution in [0.3, 0.4) is 0 Å². The second-order valence-corrected chi connectivity index (χ2v) is 4.27. The summed E-state index contributed by atoms with van der Waals surface area (Å²) in [5, 5.41) is 15.0. The molecule has 0 saturated carbocycles. The minimum atomic E-state index is -1.16. The molecule has 0 saturated heterocycles. The fraction of sp³-hybridized carbons (Fsp3) is 0.231. The number of aromatic amines is 1. The molecule has 0 spiro atoms. The Bertz CT molecular complexity index is 668. The molecule has 0 radical (unpaired) electrons. The SMILES string of the molecule is O=C(O)c1cc(-c2c(F)ccc3c2OCCCO3)n[nH]1. The van der Waals surface area contributed by atoms with Crippen LogP contribution in [0.5, 0.6) is 11.5 Å². The number of hydrogen-bond acceptors (Lipinski definition) is 4. The van der Waals surface area contributed by atoms with Crippen LogP contribution in [0.4, 0.5) is 4.39 Å². The van der Waals surface area contributed by atoms with Gasteiger partial charge in [0.05, 0.1) is 24.5 Å². The van der Waals surface area contributed by atoms with Gasteiger partial charge in [-0.05, 0) is 18.2 Å². The van der Waals surface area contributed by atoms with Gasteiger partial charge in [0, 0.05) is 6.42 Å². The first-order chi connectivity index (χ1) is 9.66. The average molecular weight is 278 g/mol. The molecule has 7 heteroatoms. The molecule has 1 aliphatic heterocycles. The van der Waals surface area contributed by atoms with E-state index in [9.17, 15) is 9.18 Å². The van der Waals surface area contributed by atoms with Crippen LogP contribution in [0.25, 0.3) is 11.3 Å². The highest BCUT2D eigenvalue weighted by Crippen LogP contribution is 2.40. The monoisotopic (exact) mass is 278 g/mol. The Labute approximate surface area is 113 Å². The highest BCUT2D eigenvalue weighted by atomic mass is 19.1. The molecule has 0 amide bonds. The topological polar surface area (TPSA) is 84.4 Å². The highest BCUT2D eigenvalue weighted by Gasteiger charge is 2.22. The number of H-pyrrole nitrogens is 1. The van der Waals surface area contributed by atoms with Crippen molar-refractivity contribution in [2.45, 2.75) is 6.42 Å². The van der Waals surface area contributed by atoms with E-state index in [1.165, 1.54) is 18.2 Å². The van der Waals surface area contributed by atoms with E-state index < -0.39 is 11.8 Å². The van der Waals surface area contributed by atoms with Crippen molar-refractivity contribution in [1.29, 1.82) is 0 Å². The van der Waals surface area contributed by atoms with Crippen molar-refractivity contribution in [2.24, 2.45) is 0 Å². The molecular formula is C13H11FN2O4. The zero-order valence-electron chi connectivity index (χ0n) is 10.4. The van der Waals surface area contributed by atoms with E-state index in [1.807, 2.05) is 0 Å². The Hall–Kier alpha value is -2.57. The van der Waals surface area contributed by atoms with Crippen LogP contribution in [-0.4, -0.2) is 34.5 Å². The summed E-state index contributed by atoms with van der Waals surface area (Å²) in [6.07, 6.45) is 0.691. The number of hydrogen-bond donors (Lipinski definition) is 2. The van der Waals surface area contributed by atoms with Gasteiger partial charge in [0.25, 0.3) is 0 Å². The molecule has 0 unspecified atom stereocenters. The zero-order chi connectivity index (χ0) is 14.1. The third-order valence-corrected chi connectivity index (χ3v) is 2.93. The Kier molecular flexibility index (Phi) is 3.02. The van der Waals surface area contributed by atoms with Crippen molar-refractivity contribution in [2.75, 3.05) is 13.2 Å². The van der Waals surface area contributed by atoms with Crippen LogP contribution < -0.4 is 9.47 Å². The molecule has 1 aliphatic rings. The predicted molar refractivity (Wildman–Crippen MR) is 66.5 cm³/mol. The third kappa shape index (κ3) is 2.07. The van der Waals surface area contributed by atoms with E-state index in [0.717, 1.165) is 0 Å². The first-order valence-corrected chi connectivity index (χ1v) is 6.04. The van der Waals surface area contributed by atoms with Gasteiger partial charge >= 0.3 is 5.97 Å². The lowest BCUT2D eigenvalue weighted by Crippen LogP contribution is -1.98. The number of ether oxygens (including phenoxy) is 2. The van der Waals surface area contributed by atoms with Crippen LogP contribution in [-0.2, 0) is 0 Å². The fourth-order valence-corrected chi connectivity index (χ4v) is 2.01. The summed E-state index contributed by atoms with van der Waals surface area (Å²) in [4.78, 5) is 10.9. The smallest absolute Gasteiger partial charge is 0.353 e. The first kappa shape index (κ1) is 12.5. The Morgan fingerprint density at radius 3 is 2.90 bits per heavy atom. The summed E-state index contributed by atoms with van der Waals surface area (Å²) in [5.41, 5.74) is 0.155. The average Bonchev–Trinajstić information content (AvgIpc) is 2.78. The molecule has 0 atom stereocenters. The van der Waals surface area contributed by atoms with E-state index in [-0.39, 0.29) is 22.7 Å². The molecule has 20 heavy (non-hydrogen) atoms. The summed E-state index contributed by atoms with van der Waals surface area (Å²) in [6.45, 7) is 0.888. The van der Waals surface area contributed by atoms with Crippen molar-refractivity contribution >= 4 is 5.97 Å². The van der Waals surface area contributed by atoms with Crippen LogP contribution in [0.2, 0.25) is 0 Å². The number of aromatic nitrogens is 2. The lowest BCUT2D eigenvalue weighted by Gasteiger charge is -2.11. The van der Waals surface area contributed by atoms with Crippen LogP contribution in [0, 0.1) is 5.82 Å². The number of halogens is 1. The minimum Gasteiger partial charge on any atom is -0.490 e. The van der Waals surface area contributed by atoms with Gasteiger partial charge in [-0.25, -0.2) is 9.18 Å². The summed E-state index contributed by atoms with van der Waals surface area (Å²) in [5.74, 6) is -1.02. The Balaban J connectivity index is 2.14. The lowest BCUT2D eigenvalue weighted by molar-refractivity contribution is 0.0690. The maximum Gasteiger partial charge on any atom is 0.353 e. The molecule has 1 aromatic heterocycles. The minimum absolute atomic E-state index is 0.105. The summed E-state index contributed by atoms with van der Waals surface area (Å²) < 4.78 is 25.1. The number of carboxylic acids is 1. The Morgan fingerprint density at radius 1 is 1.35 bits per heavy atom. The van der Waals surface area contributed by atoms with E-state index >= 15 is 0 Å². The molecule has 2 heterocycles. The van der Waals surface area contributed by atoms with Crippen molar-refractivity contribution in [1.82, 2.24) is 10.2 Å². The summed E-state index contributed by atoms with van der Waals surface area (Å²) in [7, 11) is 0. The van der Waals surface area contributed by atoms with Gasteiger partial charge in [0.1, 0.15) is 11.5 Å². The van der Waals surface area contributed by atoms with Gasteiger partial charge in [0.2, 0.25) is 0 Å². The number of benzene rings is 1. The van der Waals surface area contributed by atoms with Gasteiger partial charge in [0.15, 0.2) is 11.5 Å². The number of fused-ring (bicyclic) bond motifs is 1. The highest BCUT2D eigenvalue weighted by molar-refractivity contribution is 5.87. The van der Waals surface area contributed by atoms with Crippen molar-refractivity contribution in [3.8, 4) is 22.8 Å². The normalized spacial score (nSPS) is 13.8. The van der Waals surface area contributed by atoms with Crippen LogP contribution in [0.15, 0.2) is 18.2 Å². The van der Waals surface area contributed by atoms with E-state index in [0.29, 0.717) is 25.4 Å². The van der Waals surface area contributed by atoms with E-state index in [4.69, 9.17) is 14.6 Å². The van der Waals surface area contributed by atoms with Gasteiger partial charge < -0.3 is 14.6 Å². The molecular weight excluding hydrogens is 267 g/mol. The van der Waals surface area contributed by atoms with Gasteiger partial charge in [-0.15, -0.1) is 0 Å². The lowest BCUT2D eigenvalue weighted by atomic mass is 10.1. The molecule has 0 aliphatic carbocycles. The molecule has 1 aromatic carbocycles. The third-order valence-electron chi connectivity index (χ3n) is 2.93. The molecule has 104 valence electrons. The second-order valence-electron chi connectivity index (χ2n) is 4.27. The summed E-state index contributed by atoms with van der Waals surface area (Å²) in [6, 6.07) is 4.00.